The van der Waals surface area contributed by atoms with Crippen molar-refractivity contribution in [3.8, 4) is 11.4 Å². The molecule has 1 aromatic heterocycles. The quantitative estimate of drug-likeness (QED) is 0.177. The van der Waals surface area contributed by atoms with Crippen molar-refractivity contribution in [2.45, 2.75) is 45.5 Å². The van der Waals surface area contributed by atoms with Crippen LogP contribution in [0.1, 0.15) is 54.2 Å². The monoisotopic (exact) mass is 605 g/mol. The van der Waals surface area contributed by atoms with Crippen molar-refractivity contribution in [3.05, 3.63) is 77.4 Å². The number of benzene rings is 3. The van der Waals surface area contributed by atoms with Crippen molar-refractivity contribution in [2.24, 2.45) is 16.6 Å². The number of aromatic nitrogens is 2. The highest BCUT2D eigenvalue weighted by atomic mass is 19.4. The molecule has 0 fully saturated rings. The van der Waals surface area contributed by atoms with Gasteiger partial charge in [0.25, 0.3) is 5.91 Å². The van der Waals surface area contributed by atoms with E-state index in [1.54, 1.807) is 18.2 Å². The Hall–Kier alpha value is -4.38. The second kappa shape index (κ2) is 12.7. The molecule has 4 aromatic rings. The molecule has 1 unspecified atom stereocenters. The Balaban J connectivity index is 1.48. The number of alkyl halides is 3. The summed E-state index contributed by atoms with van der Waals surface area (Å²) < 4.78 is 41.5. The van der Waals surface area contributed by atoms with E-state index in [0.717, 1.165) is 60.5 Å². The lowest BCUT2D eigenvalue weighted by atomic mass is 9.97. The van der Waals surface area contributed by atoms with Gasteiger partial charge in [-0.05, 0) is 87.1 Å². The number of imidazole rings is 1. The van der Waals surface area contributed by atoms with E-state index in [1.165, 1.54) is 6.07 Å². The molecule has 0 saturated carbocycles. The lowest BCUT2D eigenvalue weighted by molar-refractivity contribution is -0.137. The first-order valence-corrected chi connectivity index (χ1v) is 14.8. The predicted molar refractivity (Wildman–Crippen MR) is 169 cm³/mol. The number of nitrogens with two attached hydrogens (primary N) is 1. The summed E-state index contributed by atoms with van der Waals surface area (Å²) in [6.45, 7) is 5.98. The van der Waals surface area contributed by atoms with Crippen molar-refractivity contribution < 1.29 is 18.0 Å². The number of halogens is 3. The van der Waals surface area contributed by atoms with Gasteiger partial charge in [0.15, 0.2) is 0 Å². The fourth-order valence-electron chi connectivity index (χ4n) is 5.51. The van der Waals surface area contributed by atoms with Crippen LogP contribution in [-0.2, 0) is 12.7 Å². The summed E-state index contributed by atoms with van der Waals surface area (Å²) in [5.41, 5.74) is 10.6. The standard InChI is InChI=1S/C33H38F3N7O/c1-5-20(2)29-30(37)40-26-12-11-24(38-14-7-15-42(3)4)18-25(26)31-41-27-17-22(10-13-28(27)43(29)31)32(44)39-19-21-8-6-9-23(16-21)33(34,35)36/h6,8-13,16-18,20,29,38H,5,7,14-15,19H2,1-4H3,(H2,37,40)(H,39,44)/t20?,29-/m0/s1. The van der Waals surface area contributed by atoms with Crippen LogP contribution in [0.3, 0.4) is 0 Å². The number of fused-ring (bicyclic) bond motifs is 5. The number of amidine groups is 1. The highest BCUT2D eigenvalue weighted by Gasteiger charge is 2.32. The molecule has 0 spiro atoms. The minimum atomic E-state index is -4.45. The first-order chi connectivity index (χ1) is 21.0. The number of carbonyl (C=O) groups is 1. The van der Waals surface area contributed by atoms with Crippen molar-refractivity contribution in [1.82, 2.24) is 19.8 Å². The van der Waals surface area contributed by atoms with E-state index < -0.39 is 17.6 Å². The summed E-state index contributed by atoms with van der Waals surface area (Å²) in [5, 5.41) is 6.23. The van der Waals surface area contributed by atoms with Crippen LogP contribution in [0.2, 0.25) is 0 Å². The minimum Gasteiger partial charge on any atom is -0.385 e. The number of hydrogen-bond donors (Lipinski definition) is 3. The molecule has 2 atom stereocenters. The Kier molecular flexibility index (Phi) is 8.96. The molecule has 0 aliphatic carbocycles. The predicted octanol–water partition coefficient (Wildman–Crippen LogP) is 6.61. The zero-order valence-electron chi connectivity index (χ0n) is 25.4. The Morgan fingerprint density at radius 3 is 2.64 bits per heavy atom. The normalized spacial score (nSPS) is 15.4. The van der Waals surface area contributed by atoms with Gasteiger partial charge in [0.05, 0.1) is 28.3 Å². The summed E-state index contributed by atoms with van der Waals surface area (Å²) >= 11 is 0. The topological polar surface area (TPSA) is 101 Å². The zero-order chi connectivity index (χ0) is 31.6. The molecule has 44 heavy (non-hydrogen) atoms. The van der Waals surface area contributed by atoms with E-state index >= 15 is 0 Å². The van der Waals surface area contributed by atoms with Crippen LogP contribution in [0.15, 0.2) is 65.7 Å². The molecule has 1 amide bonds. The molecule has 11 heteroatoms. The number of nitrogens with one attached hydrogen (secondary N) is 2. The summed E-state index contributed by atoms with van der Waals surface area (Å²) in [6, 6.07) is 15.9. The number of carbonyl (C=O) groups excluding carboxylic acids is 1. The first kappa shape index (κ1) is 31.1. The fourth-order valence-corrected chi connectivity index (χ4v) is 5.51. The van der Waals surface area contributed by atoms with Gasteiger partial charge in [0, 0.05) is 29.9 Å². The first-order valence-electron chi connectivity index (χ1n) is 14.8. The third-order valence-corrected chi connectivity index (χ3v) is 8.02. The van der Waals surface area contributed by atoms with Gasteiger partial charge >= 0.3 is 6.18 Å². The van der Waals surface area contributed by atoms with E-state index in [2.05, 4.69) is 48.0 Å². The van der Waals surface area contributed by atoms with Gasteiger partial charge in [-0.2, -0.15) is 13.2 Å². The maximum atomic E-state index is 13.1. The molecule has 8 nitrogen and oxygen atoms in total. The lowest BCUT2D eigenvalue weighted by Crippen LogP contribution is -2.31. The van der Waals surface area contributed by atoms with Crippen LogP contribution in [-0.4, -0.2) is 53.4 Å². The van der Waals surface area contributed by atoms with Gasteiger partial charge < -0.3 is 25.8 Å². The van der Waals surface area contributed by atoms with Crippen LogP contribution < -0.4 is 16.4 Å². The van der Waals surface area contributed by atoms with Crippen molar-refractivity contribution >= 4 is 34.2 Å². The summed E-state index contributed by atoms with van der Waals surface area (Å²) in [6.07, 6.45) is -2.60. The molecular weight excluding hydrogens is 567 g/mol. The van der Waals surface area contributed by atoms with E-state index in [9.17, 15) is 18.0 Å². The van der Waals surface area contributed by atoms with Crippen LogP contribution in [0.5, 0.6) is 0 Å². The number of nitrogens with zero attached hydrogens (tertiary/aromatic N) is 4. The number of hydrogen-bond acceptors (Lipinski definition) is 6. The van der Waals surface area contributed by atoms with Crippen LogP contribution >= 0.6 is 0 Å². The van der Waals surface area contributed by atoms with E-state index in [0.29, 0.717) is 28.3 Å². The van der Waals surface area contributed by atoms with E-state index in [4.69, 9.17) is 15.7 Å². The van der Waals surface area contributed by atoms with Crippen molar-refractivity contribution in [1.29, 1.82) is 0 Å². The number of aliphatic imine (C=N–C) groups is 1. The molecule has 232 valence electrons. The summed E-state index contributed by atoms with van der Waals surface area (Å²) in [7, 11) is 4.10. The second-order valence-corrected chi connectivity index (χ2v) is 11.6. The van der Waals surface area contributed by atoms with Gasteiger partial charge in [0.2, 0.25) is 0 Å². The Labute approximate surface area is 255 Å². The summed E-state index contributed by atoms with van der Waals surface area (Å²) in [5.74, 6) is 0.955. The van der Waals surface area contributed by atoms with Crippen LogP contribution in [0, 0.1) is 5.92 Å². The van der Waals surface area contributed by atoms with Gasteiger partial charge in [-0.3, -0.25) is 4.79 Å². The largest absolute Gasteiger partial charge is 0.416 e. The maximum absolute atomic E-state index is 13.1. The Bertz CT molecular complexity index is 1690. The van der Waals surface area contributed by atoms with E-state index in [-0.39, 0.29) is 18.5 Å². The SMILES string of the molecule is CCC(C)[C@H]1C(N)=Nc2ccc(NCCCN(C)C)cc2-c2nc3cc(C(=O)NCc4cccc(C(F)(F)F)c4)ccc3n21. The molecule has 0 saturated heterocycles. The third-order valence-electron chi connectivity index (χ3n) is 8.02. The third kappa shape index (κ3) is 6.57. The fraction of sp³-hybridized carbons (Fsp3) is 0.364. The molecule has 0 radical (unpaired) electrons. The molecular formula is C33H38F3N7O. The number of anilines is 1. The minimum absolute atomic E-state index is 0.0404. The van der Waals surface area contributed by atoms with Gasteiger partial charge in [-0.1, -0.05) is 32.4 Å². The van der Waals surface area contributed by atoms with Gasteiger partial charge in [-0.25, -0.2) is 9.98 Å². The highest BCUT2D eigenvalue weighted by Crippen LogP contribution is 2.41. The second-order valence-electron chi connectivity index (χ2n) is 11.6. The molecule has 2 heterocycles. The molecule has 1 aliphatic heterocycles. The average molecular weight is 606 g/mol. The molecule has 4 N–H and O–H groups in total. The average Bonchev–Trinajstić information content (AvgIpc) is 3.30. The van der Waals surface area contributed by atoms with Crippen LogP contribution in [0.25, 0.3) is 22.4 Å². The number of rotatable bonds is 10. The van der Waals surface area contributed by atoms with E-state index in [1.807, 2.05) is 24.3 Å². The molecule has 1 aliphatic rings. The smallest absolute Gasteiger partial charge is 0.385 e. The van der Waals surface area contributed by atoms with Crippen LogP contribution in [0.4, 0.5) is 24.5 Å². The summed E-state index contributed by atoms with van der Waals surface area (Å²) in [4.78, 5) is 25.1. The maximum Gasteiger partial charge on any atom is 0.416 e. The molecule has 3 aromatic carbocycles. The Morgan fingerprint density at radius 2 is 1.91 bits per heavy atom. The van der Waals surface area contributed by atoms with Gasteiger partial charge in [-0.15, -0.1) is 0 Å². The molecule has 5 rings (SSSR count). The Morgan fingerprint density at radius 1 is 1.11 bits per heavy atom. The lowest BCUT2D eigenvalue weighted by Gasteiger charge is -2.25. The number of amides is 1. The van der Waals surface area contributed by atoms with Crippen molar-refractivity contribution in [3.63, 3.8) is 0 Å². The zero-order valence-corrected chi connectivity index (χ0v) is 25.4. The van der Waals surface area contributed by atoms with Crippen molar-refractivity contribution in [2.75, 3.05) is 32.5 Å². The highest BCUT2D eigenvalue weighted by molar-refractivity contribution is 6.00. The molecule has 0 bridgehead atoms. The van der Waals surface area contributed by atoms with Gasteiger partial charge in [0.1, 0.15) is 11.7 Å².